The van der Waals surface area contributed by atoms with Gasteiger partial charge in [0.25, 0.3) is 0 Å². The zero-order valence-electron chi connectivity index (χ0n) is 13.7. The van der Waals surface area contributed by atoms with Gasteiger partial charge in [-0.05, 0) is 18.6 Å². The second-order valence-electron chi connectivity index (χ2n) is 5.35. The van der Waals surface area contributed by atoms with Crippen molar-refractivity contribution in [1.82, 2.24) is 5.32 Å². The van der Waals surface area contributed by atoms with Crippen molar-refractivity contribution in [1.29, 1.82) is 0 Å². The maximum absolute atomic E-state index is 12.5. The van der Waals surface area contributed by atoms with E-state index in [1.165, 1.54) is 6.07 Å². The first kappa shape index (κ1) is 20.9. The Morgan fingerprint density at radius 2 is 1.72 bits per heavy atom. The average Bonchev–Trinajstić information content (AvgIpc) is 2.56. The first-order valence-electron chi connectivity index (χ1n) is 7.62. The second-order valence-corrected chi connectivity index (χ2v) is 5.35. The molecule has 3 N–H and O–H groups in total. The lowest BCUT2D eigenvalue weighted by Gasteiger charge is -2.21. The molecule has 25 heavy (non-hydrogen) atoms. The lowest BCUT2D eigenvalue weighted by molar-refractivity contribution is -0.123. The van der Waals surface area contributed by atoms with Gasteiger partial charge < -0.3 is 15.8 Å². The van der Waals surface area contributed by atoms with Crippen LogP contribution < -0.4 is 15.8 Å². The molecule has 0 fully saturated rings. The summed E-state index contributed by atoms with van der Waals surface area (Å²) in [6.45, 7) is -1.06. The number of benzene rings is 2. The third-order valence-corrected chi connectivity index (χ3v) is 3.71. The summed E-state index contributed by atoms with van der Waals surface area (Å²) in [6.07, 6.45) is 0. The zero-order valence-corrected chi connectivity index (χ0v) is 14.5. The number of ether oxygens (including phenoxy) is 1. The maximum Gasteiger partial charge on any atom is 0.387 e. The Morgan fingerprint density at radius 1 is 1.12 bits per heavy atom. The van der Waals surface area contributed by atoms with Crippen molar-refractivity contribution in [3.05, 3.63) is 65.7 Å². The molecule has 0 aromatic heterocycles. The summed E-state index contributed by atoms with van der Waals surface area (Å²) < 4.78 is 29.5. The van der Waals surface area contributed by atoms with Crippen LogP contribution in [0.1, 0.15) is 30.0 Å². The molecule has 0 aliphatic rings. The number of nitrogens with two attached hydrogens (primary N) is 1. The van der Waals surface area contributed by atoms with E-state index in [-0.39, 0.29) is 30.6 Å². The summed E-state index contributed by atoms with van der Waals surface area (Å²) in [6, 6.07) is 15.1. The Labute approximate surface area is 151 Å². The van der Waals surface area contributed by atoms with E-state index in [0.717, 1.165) is 5.56 Å². The highest BCUT2D eigenvalue weighted by molar-refractivity contribution is 5.85. The predicted octanol–water partition coefficient (Wildman–Crippen LogP) is 3.63. The van der Waals surface area contributed by atoms with E-state index in [1.807, 2.05) is 30.3 Å². The molecule has 4 nitrogen and oxygen atoms in total. The van der Waals surface area contributed by atoms with Crippen LogP contribution in [0.5, 0.6) is 5.75 Å². The number of carbonyl (C=O) groups excluding carboxylic acids is 1. The van der Waals surface area contributed by atoms with E-state index in [9.17, 15) is 13.6 Å². The van der Waals surface area contributed by atoms with Gasteiger partial charge in [0, 0.05) is 12.1 Å². The molecule has 0 radical (unpaired) electrons. The fourth-order valence-corrected chi connectivity index (χ4v) is 2.51. The molecule has 0 heterocycles. The average molecular weight is 371 g/mol. The molecule has 0 aliphatic heterocycles. The molecule has 2 aromatic rings. The van der Waals surface area contributed by atoms with E-state index >= 15 is 0 Å². The van der Waals surface area contributed by atoms with E-state index in [4.69, 9.17) is 5.73 Å². The van der Waals surface area contributed by atoms with Crippen LogP contribution in [0.15, 0.2) is 54.6 Å². The molecule has 2 aromatic carbocycles. The number of halogens is 3. The summed E-state index contributed by atoms with van der Waals surface area (Å²) in [7, 11) is 0. The van der Waals surface area contributed by atoms with Gasteiger partial charge in [-0.2, -0.15) is 8.78 Å². The van der Waals surface area contributed by atoms with Crippen LogP contribution in [0.2, 0.25) is 0 Å². The van der Waals surface area contributed by atoms with Crippen LogP contribution in [0.3, 0.4) is 0 Å². The molecule has 0 bridgehead atoms. The molecule has 2 rings (SSSR count). The van der Waals surface area contributed by atoms with Gasteiger partial charge in [0.1, 0.15) is 5.75 Å². The Kier molecular flexibility index (Phi) is 8.31. The van der Waals surface area contributed by atoms with Crippen LogP contribution in [0.25, 0.3) is 0 Å². The van der Waals surface area contributed by atoms with Gasteiger partial charge >= 0.3 is 6.61 Å². The molecule has 0 saturated heterocycles. The highest BCUT2D eigenvalue weighted by atomic mass is 35.5. The van der Waals surface area contributed by atoms with Crippen molar-refractivity contribution >= 4 is 18.3 Å². The molecule has 1 amide bonds. The smallest absolute Gasteiger partial charge is 0.387 e. The van der Waals surface area contributed by atoms with Gasteiger partial charge in [0.15, 0.2) is 0 Å². The van der Waals surface area contributed by atoms with Crippen molar-refractivity contribution in [3.8, 4) is 5.75 Å². The third kappa shape index (κ3) is 5.69. The second kappa shape index (κ2) is 9.96. The summed E-state index contributed by atoms with van der Waals surface area (Å²) >= 11 is 0. The van der Waals surface area contributed by atoms with Crippen LogP contribution >= 0.6 is 12.4 Å². The summed E-state index contributed by atoms with van der Waals surface area (Å²) in [5.74, 6) is -0.718. The summed E-state index contributed by atoms with van der Waals surface area (Å²) in [5.41, 5.74) is 7.02. The van der Waals surface area contributed by atoms with Crippen LogP contribution in [0.4, 0.5) is 8.78 Å². The Balaban J connectivity index is 0.00000312. The van der Waals surface area contributed by atoms with Gasteiger partial charge in [0.05, 0.1) is 12.0 Å². The number of amides is 1. The molecule has 7 heteroatoms. The van der Waals surface area contributed by atoms with Crippen molar-refractivity contribution in [3.63, 3.8) is 0 Å². The number of carbonyl (C=O) groups is 1. The van der Waals surface area contributed by atoms with Crippen LogP contribution in [-0.4, -0.2) is 19.1 Å². The zero-order chi connectivity index (χ0) is 17.5. The van der Waals surface area contributed by atoms with Gasteiger partial charge in [-0.15, -0.1) is 12.4 Å². The van der Waals surface area contributed by atoms with Gasteiger partial charge in [-0.3, -0.25) is 4.79 Å². The van der Waals surface area contributed by atoms with Crippen LogP contribution in [0, 0.1) is 0 Å². The number of alkyl halides is 2. The lowest BCUT2D eigenvalue weighted by Crippen LogP contribution is -2.35. The largest absolute Gasteiger partial charge is 0.434 e. The standard InChI is InChI=1S/C18H20F2N2O2.ClH/c1-12(14-9-5-6-10-16(14)24-18(19)20)22-17(23)15(11-21)13-7-3-2-4-8-13;/h2-10,12,15,18H,11,21H2,1H3,(H,22,23);1H. The number of hydrogen-bond donors (Lipinski definition) is 2. The molecule has 136 valence electrons. The summed E-state index contributed by atoms with van der Waals surface area (Å²) in [4.78, 5) is 12.5. The lowest BCUT2D eigenvalue weighted by atomic mass is 9.97. The minimum absolute atomic E-state index is 0. The maximum atomic E-state index is 12.5. The quantitative estimate of drug-likeness (QED) is 0.782. The summed E-state index contributed by atoms with van der Waals surface area (Å²) in [5, 5.41) is 2.82. The minimum Gasteiger partial charge on any atom is -0.434 e. The Bertz CT molecular complexity index is 671. The fourth-order valence-electron chi connectivity index (χ4n) is 2.51. The highest BCUT2D eigenvalue weighted by Gasteiger charge is 2.22. The SMILES string of the molecule is CC(NC(=O)C(CN)c1ccccc1)c1ccccc1OC(F)F.Cl. The molecular weight excluding hydrogens is 350 g/mol. The molecule has 0 aliphatic carbocycles. The van der Waals surface area contributed by atoms with Crippen molar-refractivity contribution < 1.29 is 18.3 Å². The van der Waals surface area contributed by atoms with Crippen molar-refractivity contribution in [2.45, 2.75) is 25.5 Å². The Hall–Kier alpha value is -2.18. The monoisotopic (exact) mass is 370 g/mol. The topological polar surface area (TPSA) is 64.4 Å². The van der Waals surface area contributed by atoms with E-state index in [1.54, 1.807) is 25.1 Å². The van der Waals surface area contributed by atoms with Gasteiger partial charge in [-0.25, -0.2) is 0 Å². The third-order valence-electron chi connectivity index (χ3n) is 3.71. The molecular formula is C18H21ClF2N2O2. The first-order chi connectivity index (χ1) is 11.5. The van der Waals surface area contributed by atoms with Crippen molar-refractivity contribution in [2.75, 3.05) is 6.54 Å². The normalized spacial score (nSPS) is 12.8. The molecule has 0 spiro atoms. The minimum atomic E-state index is -2.92. The number of para-hydroxylation sites is 1. The fraction of sp³-hybridized carbons (Fsp3) is 0.278. The highest BCUT2D eigenvalue weighted by Crippen LogP contribution is 2.27. The number of nitrogens with one attached hydrogen (secondary N) is 1. The molecule has 2 atom stereocenters. The molecule has 2 unspecified atom stereocenters. The first-order valence-corrected chi connectivity index (χ1v) is 7.62. The van der Waals surface area contributed by atoms with Crippen molar-refractivity contribution in [2.24, 2.45) is 5.73 Å². The van der Waals surface area contributed by atoms with E-state index < -0.39 is 18.6 Å². The Morgan fingerprint density at radius 3 is 2.32 bits per heavy atom. The van der Waals surface area contributed by atoms with Crippen LogP contribution in [-0.2, 0) is 4.79 Å². The molecule has 0 saturated carbocycles. The number of rotatable bonds is 7. The van der Waals surface area contributed by atoms with E-state index in [0.29, 0.717) is 5.56 Å². The predicted molar refractivity (Wildman–Crippen MR) is 95.1 cm³/mol. The van der Waals surface area contributed by atoms with E-state index in [2.05, 4.69) is 10.1 Å². The number of hydrogen-bond acceptors (Lipinski definition) is 3. The van der Waals surface area contributed by atoms with Gasteiger partial charge in [0.2, 0.25) is 5.91 Å². The van der Waals surface area contributed by atoms with Gasteiger partial charge in [-0.1, -0.05) is 48.5 Å².